The molecule has 1 aliphatic heterocycles. The molecule has 0 aliphatic carbocycles. The lowest BCUT2D eigenvalue weighted by molar-refractivity contribution is 0.0676. The molecule has 0 saturated carbocycles. The van der Waals surface area contributed by atoms with Crippen LogP contribution in [-0.2, 0) is 11.3 Å². The number of fused-ring (bicyclic) bond motifs is 1. The van der Waals surface area contributed by atoms with Gasteiger partial charge in [0.1, 0.15) is 17.6 Å². The standard InChI is InChI=1S/C22H20N2O4/c25-22(28-20-12-14-26-21-19(20)7-4-13-23-21)24-15-16-8-10-18(11-9-16)27-17-5-2-1-3-6-17/h1-11,13,20H,12,14-15H2,(H,24,25). The first kappa shape index (κ1) is 17.9. The second-order valence-electron chi connectivity index (χ2n) is 6.34. The van der Waals surface area contributed by atoms with Crippen LogP contribution in [0.2, 0.25) is 0 Å². The number of amides is 1. The van der Waals surface area contributed by atoms with Gasteiger partial charge in [-0.05, 0) is 42.0 Å². The Labute approximate surface area is 163 Å². The number of carbonyl (C=O) groups is 1. The number of para-hydroxylation sites is 1. The van der Waals surface area contributed by atoms with Crippen molar-refractivity contribution in [1.29, 1.82) is 0 Å². The highest BCUT2D eigenvalue weighted by atomic mass is 16.6. The minimum Gasteiger partial charge on any atom is -0.477 e. The largest absolute Gasteiger partial charge is 0.477 e. The third-order valence-corrected chi connectivity index (χ3v) is 4.35. The van der Waals surface area contributed by atoms with E-state index in [1.54, 1.807) is 12.3 Å². The number of ether oxygens (including phenoxy) is 3. The van der Waals surface area contributed by atoms with E-state index < -0.39 is 6.09 Å². The maximum atomic E-state index is 12.2. The summed E-state index contributed by atoms with van der Waals surface area (Å²) in [6, 6.07) is 20.8. The summed E-state index contributed by atoms with van der Waals surface area (Å²) in [7, 11) is 0. The smallest absolute Gasteiger partial charge is 0.408 e. The summed E-state index contributed by atoms with van der Waals surface area (Å²) in [5, 5.41) is 2.78. The van der Waals surface area contributed by atoms with E-state index in [9.17, 15) is 4.79 Å². The number of nitrogens with zero attached hydrogens (tertiary/aromatic N) is 1. The summed E-state index contributed by atoms with van der Waals surface area (Å²) in [6.45, 7) is 0.846. The molecule has 0 spiro atoms. The molecule has 1 amide bonds. The van der Waals surface area contributed by atoms with Crippen LogP contribution in [0, 0.1) is 0 Å². The fraction of sp³-hybridized carbons (Fsp3) is 0.182. The van der Waals surface area contributed by atoms with Gasteiger partial charge in [0.25, 0.3) is 0 Å². The number of carbonyl (C=O) groups excluding carboxylic acids is 1. The van der Waals surface area contributed by atoms with E-state index in [0.29, 0.717) is 25.5 Å². The van der Waals surface area contributed by atoms with Crippen LogP contribution in [0.1, 0.15) is 23.7 Å². The van der Waals surface area contributed by atoms with Gasteiger partial charge in [0, 0.05) is 19.2 Å². The van der Waals surface area contributed by atoms with Crippen LogP contribution in [0.5, 0.6) is 17.4 Å². The third kappa shape index (κ3) is 4.40. The molecule has 3 aromatic rings. The zero-order chi connectivity index (χ0) is 19.2. The van der Waals surface area contributed by atoms with Crippen LogP contribution in [0.3, 0.4) is 0 Å². The average Bonchev–Trinajstić information content (AvgIpc) is 2.74. The minimum atomic E-state index is -0.466. The molecule has 0 radical (unpaired) electrons. The maximum Gasteiger partial charge on any atom is 0.408 e. The van der Waals surface area contributed by atoms with Gasteiger partial charge in [0.15, 0.2) is 0 Å². The topological polar surface area (TPSA) is 69.7 Å². The normalized spacial score (nSPS) is 15.1. The van der Waals surface area contributed by atoms with Crippen molar-refractivity contribution in [3.05, 3.63) is 84.1 Å². The van der Waals surface area contributed by atoms with Gasteiger partial charge in [-0.3, -0.25) is 0 Å². The van der Waals surface area contributed by atoms with Crippen LogP contribution < -0.4 is 14.8 Å². The van der Waals surface area contributed by atoms with Crippen molar-refractivity contribution in [2.75, 3.05) is 6.61 Å². The van der Waals surface area contributed by atoms with E-state index in [2.05, 4.69) is 10.3 Å². The third-order valence-electron chi connectivity index (χ3n) is 4.35. The zero-order valence-corrected chi connectivity index (χ0v) is 15.2. The summed E-state index contributed by atoms with van der Waals surface area (Å²) >= 11 is 0. The van der Waals surface area contributed by atoms with Crippen molar-refractivity contribution in [3.63, 3.8) is 0 Å². The highest BCUT2D eigenvalue weighted by Gasteiger charge is 2.25. The van der Waals surface area contributed by atoms with Crippen molar-refractivity contribution in [1.82, 2.24) is 10.3 Å². The number of hydrogen-bond donors (Lipinski definition) is 1. The van der Waals surface area contributed by atoms with Gasteiger partial charge in [-0.25, -0.2) is 9.78 Å². The molecule has 1 atom stereocenters. The van der Waals surface area contributed by atoms with Crippen molar-refractivity contribution in [2.45, 2.75) is 19.1 Å². The first-order valence-corrected chi connectivity index (χ1v) is 9.12. The van der Waals surface area contributed by atoms with E-state index in [1.165, 1.54) is 0 Å². The average molecular weight is 376 g/mol. The van der Waals surface area contributed by atoms with Crippen LogP contribution in [0.25, 0.3) is 0 Å². The second kappa shape index (κ2) is 8.43. The highest BCUT2D eigenvalue weighted by Crippen LogP contribution is 2.32. The number of rotatable bonds is 5. The molecule has 1 aliphatic rings. The van der Waals surface area contributed by atoms with Gasteiger partial charge in [0.05, 0.1) is 12.2 Å². The second-order valence-corrected chi connectivity index (χ2v) is 6.34. The Balaban J connectivity index is 1.29. The molecule has 4 rings (SSSR count). The quantitative estimate of drug-likeness (QED) is 0.703. The van der Waals surface area contributed by atoms with Crippen molar-refractivity contribution in [2.24, 2.45) is 0 Å². The molecule has 142 valence electrons. The summed E-state index contributed by atoms with van der Waals surface area (Å²) in [5.41, 5.74) is 1.75. The highest BCUT2D eigenvalue weighted by molar-refractivity contribution is 5.67. The lowest BCUT2D eigenvalue weighted by Crippen LogP contribution is -2.28. The fourth-order valence-electron chi connectivity index (χ4n) is 2.95. The maximum absolute atomic E-state index is 12.2. The predicted molar refractivity (Wildman–Crippen MR) is 103 cm³/mol. The predicted octanol–water partition coefficient (Wildman–Crippen LogP) is 4.62. The molecule has 0 bridgehead atoms. The summed E-state index contributed by atoms with van der Waals surface area (Å²) in [6.07, 6.45) is 1.45. The summed E-state index contributed by atoms with van der Waals surface area (Å²) < 4.78 is 16.8. The summed E-state index contributed by atoms with van der Waals surface area (Å²) in [4.78, 5) is 16.3. The van der Waals surface area contributed by atoms with Crippen LogP contribution in [0.4, 0.5) is 4.79 Å². The Hall–Kier alpha value is -3.54. The molecule has 1 aromatic heterocycles. The number of nitrogens with one attached hydrogen (secondary N) is 1. The van der Waals surface area contributed by atoms with E-state index in [0.717, 1.165) is 22.6 Å². The molecule has 1 unspecified atom stereocenters. The molecule has 6 nitrogen and oxygen atoms in total. The molecule has 6 heteroatoms. The van der Waals surface area contributed by atoms with Crippen molar-refractivity contribution in [3.8, 4) is 17.4 Å². The van der Waals surface area contributed by atoms with Gasteiger partial charge in [-0.2, -0.15) is 0 Å². The molecule has 28 heavy (non-hydrogen) atoms. The number of hydrogen-bond acceptors (Lipinski definition) is 5. The molecule has 1 N–H and O–H groups in total. The van der Waals surface area contributed by atoms with E-state index in [-0.39, 0.29) is 6.10 Å². The first-order valence-electron chi connectivity index (χ1n) is 9.12. The Morgan fingerprint density at radius 3 is 2.64 bits per heavy atom. The Morgan fingerprint density at radius 2 is 1.82 bits per heavy atom. The summed E-state index contributed by atoms with van der Waals surface area (Å²) in [5.74, 6) is 2.05. The number of aromatic nitrogens is 1. The van der Waals surface area contributed by atoms with E-state index >= 15 is 0 Å². The Kier molecular flexibility index (Phi) is 5.38. The number of alkyl carbamates (subject to hydrolysis) is 1. The van der Waals surface area contributed by atoms with Crippen LogP contribution >= 0.6 is 0 Å². The molecular formula is C22H20N2O4. The van der Waals surface area contributed by atoms with Gasteiger partial charge >= 0.3 is 6.09 Å². The Bertz CT molecular complexity index is 929. The molecule has 0 fully saturated rings. The number of benzene rings is 2. The number of pyridine rings is 1. The molecule has 2 aromatic carbocycles. The lowest BCUT2D eigenvalue weighted by Gasteiger charge is -2.24. The minimum absolute atomic E-state index is 0.348. The molecular weight excluding hydrogens is 356 g/mol. The SMILES string of the molecule is O=C(NCc1ccc(Oc2ccccc2)cc1)OC1CCOc2ncccc21. The van der Waals surface area contributed by atoms with E-state index in [4.69, 9.17) is 14.2 Å². The fourth-order valence-corrected chi connectivity index (χ4v) is 2.95. The van der Waals surface area contributed by atoms with Crippen molar-refractivity contribution < 1.29 is 19.0 Å². The van der Waals surface area contributed by atoms with Gasteiger partial charge in [0.2, 0.25) is 5.88 Å². The van der Waals surface area contributed by atoms with Crippen LogP contribution in [-0.4, -0.2) is 17.7 Å². The Morgan fingerprint density at radius 1 is 1.04 bits per heavy atom. The van der Waals surface area contributed by atoms with E-state index in [1.807, 2.05) is 60.7 Å². The lowest BCUT2D eigenvalue weighted by atomic mass is 10.1. The van der Waals surface area contributed by atoms with Gasteiger partial charge in [-0.15, -0.1) is 0 Å². The zero-order valence-electron chi connectivity index (χ0n) is 15.2. The monoisotopic (exact) mass is 376 g/mol. The molecule has 0 saturated heterocycles. The van der Waals surface area contributed by atoms with Gasteiger partial charge in [-0.1, -0.05) is 30.3 Å². The molecule has 2 heterocycles. The van der Waals surface area contributed by atoms with Crippen LogP contribution in [0.15, 0.2) is 72.9 Å². The van der Waals surface area contributed by atoms with Gasteiger partial charge < -0.3 is 19.5 Å². The first-order chi connectivity index (χ1) is 13.8. The van der Waals surface area contributed by atoms with Crippen molar-refractivity contribution >= 4 is 6.09 Å².